The van der Waals surface area contributed by atoms with Crippen molar-refractivity contribution < 1.29 is 14.4 Å². The lowest BCUT2D eigenvalue weighted by molar-refractivity contribution is -0.125. The van der Waals surface area contributed by atoms with E-state index in [0.29, 0.717) is 31.6 Å². The van der Waals surface area contributed by atoms with Gasteiger partial charge in [-0.1, -0.05) is 75.2 Å². The Bertz CT molecular complexity index is 343. The van der Waals surface area contributed by atoms with Gasteiger partial charge in [0.15, 0.2) is 0 Å². The molecule has 0 aromatic heterocycles. The van der Waals surface area contributed by atoms with Crippen LogP contribution in [-0.2, 0) is 14.4 Å². The van der Waals surface area contributed by atoms with Gasteiger partial charge in [-0.2, -0.15) is 0 Å². The zero-order valence-electron chi connectivity index (χ0n) is 20.4. The highest BCUT2D eigenvalue weighted by molar-refractivity contribution is 5.84. The summed E-state index contributed by atoms with van der Waals surface area (Å²) in [7, 11) is 0. The van der Waals surface area contributed by atoms with Gasteiger partial charge in [0.25, 0.3) is 0 Å². The summed E-state index contributed by atoms with van der Waals surface area (Å²) in [5, 5.41) is 5.63. The first kappa shape index (κ1) is 34.1. The standard InChI is InChI=1S/C11H21NO2.C8H17NO.2C2H6/c1-3-5-6-9-12-11(14)8-7-10(13)4-2;1-4-8(10)9-6-5-7(2)3;2*1-2/h3-9H2,1-2H3,(H,12,14);7H,4-6H2,1-3H3,(H,9,10);2*1-2H3. The lowest BCUT2D eigenvalue weighted by atomic mass is 10.1. The molecule has 0 rings (SSSR count). The van der Waals surface area contributed by atoms with Crippen molar-refractivity contribution in [3.8, 4) is 0 Å². The molecule has 28 heavy (non-hydrogen) atoms. The number of carbonyl (C=O) groups excluding carboxylic acids is 3. The maximum Gasteiger partial charge on any atom is 0.220 e. The molecule has 0 atom stereocenters. The topological polar surface area (TPSA) is 75.3 Å². The number of amides is 2. The molecule has 0 bridgehead atoms. The third-order valence-electron chi connectivity index (χ3n) is 3.49. The van der Waals surface area contributed by atoms with Gasteiger partial charge in [0.05, 0.1) is 0 Å². The van der Waals surface area contributed by atoms with Crippen LogP contribution in [0.25, 0.3) is 0 Å². The molecule has 0 aliphatic carbocycles. The van der Waals surface area contributed by atoms with Crippen molar-refractivity contribution >= 4 is 17.6 Å². The predicted octanol–water partition coefficient (Wildman–Crippen LogP) is 5.66. The molecule has 0 spiro atoms. The number of hydrogen-bond donors (Lipinski definition) is 2. The van der Waals surface area contributed by atoms with Gasteiger partial charge in [0.2, 0.25) is 11.8 Å². The Morgan fingerprint density at radius 1 is 0.714 bits per heavy atom. The summed E-state index contributed by atoms with van der Waals surface area (Å²) in [6, 6.07) is 0. The normalized spacial score (nSPS) is 8.93. The van der Waals surface area contributed by atoms with E-state index >= 15 is 0 Å². The van der Waals surface area contributed by atoms with Gasteiger partial charge in [-0.15, -0.1) is 0 Å². The van der Waals surface area contributed by atoms with E-state index in [1.54, 1.807) is 0 Å². The summed E-state index contributed by atoms with van der Waals surface area (Å²) >= 11 is 0. The molecule has 0 heterocycles. The largest absolute Gasteiger partial charge is 0.356 e. The van der Waals surface area contributed by atoms with Gasteiger partial charge < -0.3 is 10.6 Å². The smallest absolute Gasteiger partial charge is 0.220 e. The molecule has 2 N–H and O–H groups in total. The van der Waals surface area contributed by atoms with E-state index in [9.17, 15) is 14.4 Å². The molecule has 0 fully saturated rings. The Balaban J connectivity index is -0.000000181. The van der Waals surface area contributed by atoms with Crippen LogP contribution in [0.1, 0.15) is 114 Å². The highest BCUT2D eigenvalue weighted by Gasteiger charge is 2.04. The fraction of sp³-hybridized carbons (Fsp3) is 0.870. The minimum atomic E-state index is 0.00269. The number of carbonyl (C=O) groups is 3. The number of Topliss-reactive ketones (excluding diaryl/α,β-unsaturated/α-hetero) is 1. The van der Waals surface area contributed by atoms with E-state index in [1.807, 2.05) is 41.5 Å². The zero-order valence-corrected chi connectivity index (χ0v) is 20.4. The molecular weight excluding hydrogens is 352 g/mol. The summed E-state index contributed by atoms with van der Waals surface area (Å²) in [4.78, 5) is 32.8. The molecule has 0 aromatic carbocycles. The van der Waals surface area contributed by atoms with Crippen LogP contribution in [0, 0.1) is 5.92 Å². The van der Waals surface area contributed by atoms with Crippen LogP contribution < -0.4 is 10.6 Å². The summed E-state index contributed by atoms with van der Waals surface area (Å²) in [5.41, 5.74) is 0. The molecule has 0 saturated heterocycles. The van der Waals surface area contributed by atoms with Gasteiger partial charge in [-0.05, 0) is 18.8 Å². The number of rotatable bonds is 12. The Hall–Kier alpha value is -1.39. The molecule has 170 valence electrons. The van der Waals surface area contributed by atoms with Crippen molar-refractivity contribution in [2.45, 2.75) is 114 Å². The quantitative estimate of drug-likeness (QED) is 0.413. The second kappa shape index (κ2) is 30.3. The van der Waals surface area contributed by atoms with Crippen LogP contribution in [0.5, 0.6) is 0 Å². The van der Waals surface area contributed by atoms with E-state index in [-0.39, 0.29) is 17.6 Å². The molecule has 5 nitrogen and oxygen atoms in total. The van der Waals surface area contributed by atoms with Crippen molar-refractivity contribution in [1.29, 1.82) is 0 Å². The third-order valence-corrected chi connectivity index (χ3v) is 3.49. The highest BCUT2D eigenvalue weighted by Crippen LogP contribution is 1.96. The monoisotopic (exact) mass is 402 g/mol. The Morgan fingerprint density at radius 2 is 1.25 bits per heavy atom. The number of ketones is 1. The summed E-state index contributed by atoms with van der Waals surface area (Å²) < 4.78 is 0. The fourth-order valence-corrected chi connectivity index (χ4v) is 1.75. The molecular formula is C23H50N2O3. The lowest BCUT2D eigenvalue weighted by Gasteiger charge is -2.04. The van der Waals surface area contributed by atoms with E-state index in [2.05, 4.69) is 31.4 Å². The number of hydrogen-bond acceptors (Lipinski definition) is 3. The van der Waals surface area contributed by atoms with E-state index < -0.39 is 0 Å². The average molecular weight is 403 g/mol. The molecule has 0 aliphatic heterocycles. The molecule has 2 amide bonds. The zero-order chi connectivity index (χ0) is 22.8. The van der Waals surface area contributed by atoms with Gasteiger partial charge in [-0.3, -0.25) is 14.4 Å². The van der Waals surface area contributed by atoms with Crippen LogP contribution in [-0.4, -0.2) is 30.7 Å². The van der Waals surface area contributed by atoms with Crippen LogP contribution in [0.3, 0.4) is 0 Å². The fourth-order valence-electron chi connectivity index (χ4n) is 1.75. The van der Waals surface area contributed by atoms with E-state index in [4.69, 9.17) is 0 Å². The number of unbranched alkanes of at least 4 members (excludes halogenated alkanes) is 2. The molecule has 0 unspecified atom stereocenters. The second-order valence-corrected chi connectivity index (χ2v) is 6.34. The van der Waals surface area contributed by atoms with Gasteiger partial charge in [0, 0.05) is 38.8 Å². The highest BCUT2D eigenvalue weighted by atomic mass is 16.2. The van der Waals surface area contributed by atoms with Gasteiger partial charge in [-0.25, -0.2) is 0 Å². The van der Waals surface area contributed by atoms with Crippen LogP contribution >= 0.6 is 0 Å². The van der Waals surface area contributed by atoms with E-state index in [0.717, 1.165) is 38.8 Å². The molecule has 5 heteroatoms. The maximum atomic E-state index is 11.2. The third kappa shape index (κ3) is 35.7. The van der Waals surface area contributed by atoms with Crippen LogP contribution in [0.15, 0.2) is 0 Å². The van der Waals surface area contributed by atoms with Crippen molar-refractivity contribution in [3.05, 3.63) is 0 Å². The molecule has 0 aromatic rings. The van der Waals surface area contributed by atoms with Crippen molar-refractivity contribution in [2.75, 3.05) is 13.1 Å². The number of nitrogens with one attached hydrogen (secondary N) is 2. The van der Waals surface area contributed by atoms with Crippen molar-refractivity contribution in [1.82, 2.24) is 10.6 Å². The lowest BCUT2D eigenvalue weighted by Crippen LogP contribution is -2.24. The minimum absolute atomic E-state index is 0.00269. The maximum absolute atomic E-state index is 11.2. The van der Waals surface area contributed by atoms with E-state index in [1.165, 1.54) is 0 Å². The first-order valence-electron chi connectivity index (χ1n) is 11.4. The summed E-state index contributed by atoms with van der Waals surface area (Å²) in [6.07, 6.45) is 6.27. The van der Waals surface area contributed by atoms with Crippen LogP contribution in [0.4, 0.5) is 0 Å². The summed E-state index contributed by atoms with van der Waals surface area (Å²) in [6.45, 7) is 19.7. The predicted molar refractivity (Wildman–Crippen MR) is 123 cm³/mol. The van der Waals surface area contributed by atoms with Crippen LogP contribution in [0.2, 0.25) is 0 Å². The van der Waals surface area contributed by atoms with Gasteiger partial charge >= 0.3 is 0 Å². The molecule has 0 aliphatic rings. The Kier molecular flexibility index (Phi) is 37.0. The molecule has 0 radical (unpaired) electrons. The Labute approximate surface area is 175 Å². The average Bonchev–Trinajstić information content (AvgIpc) is 2.72. The Morgan fingerprint density at radius 3 is 1.68 bits per heavy atom. The van der Waals surface area contributed by atoms with Crippen molar-refractivity contribution in [3.63, 3.8) is 0 Å². The van der Waals surface area contributed by atoms with Gasteiger partial charge in [0.1, 0.15) is 5.78 Å². The SMILES string of the molecule is CC.CC.CCC(=O)NCCC(C)C.CCCCCNC(=O)CCC(=O)CC. The summed E-state index contributed by atoms with van der Waals surface area (Å²) in [5.74, 6) is 0.995. The molecule has 0 saturated carbocycles. The first-order valence-corrected chi connectivity index (χ1v) is 11.4. The second-order valence-electron chi connectivity index (χ2n) is 6.34. The minimum Gasteiger partial charge on any atom is -0.356 e. The first-order chi connectivity index (χ1) is 13.4. The van der Waals surface area contributed by atoms with Crippen molar-refractivity contribution in [2.24, 2.45) is 5.92 Å².